The van der Waals surface area contributed by atoms with Gasteiger partial charge >= 0.3 is 0 Å². The summed E-state index contributed by atoms with van der Waals surface area (Å²) in [6, 6.07) is 16.6. The topological polar surface area (TPSA) is 83.5 Å². The van der Waals surface area contributed by atoms with Crippen molar-refractivity contribution >= 4 is 42.6 Å². The Hall–Kier alpha value is -3.21. The van der Waals surface area contributed by atoms with Crippen molar-refractivity contribution in [1.29, 1.82) is 0 Å². The number of rotatable bonds is 7. The fourth-order valence-electron chi connectivity index (χ4n) is 4.50. The standard InChI is InChI=1S/C27H27FN4O3S2/c1-2-19-6-11-24-25(17-19)36-27(30-24)32(18-22-5-3-4-14-29-22)26(33)20-12-15-31(16-13-20)37(34,35)23-9-7-21(28)8-10-23/h3-11,14,17,20H,2,12-13,15-16,18H2,1H3. The molecule has 0 spiro atoms. The van der Waals surface area contributed by atoms with E-state index in [-0.39, 0.29) is 36.4 Å². The molecule has 0 bridgehead atoms. The largest absolute Gasteiger partial charge is 0.282 e. The molecular formula is C27H27FN4O3S2. The van der Waals surface area contributed by atoms with Crippen molar-refractivity contribution in [3.8, 4) is 0 Å². The van der Waals surface area contributed by atoms with Gasteiger partial charge in [0.15, 0.2) is 5.13 Å². The maximum absolute atomic E-state index is 13.8. The fraction of sp³-hybridized carbons (Fsp3) is 0.296. The van der Waals surface area contributed by atoms with E-state index < -0.39 is 15.8 Å². The first-order valence-corrected chi connectivity index (χ1v) is 14.5. The van der Waals surface area contributed by atoms with Gasteiger partial charge in [0.25, 0.3) is 0 Å². The Morgan fingerprint density at radius 2 is 1.86 bits per heavy atom. The molecule has 0 unspecified atom stereocenters. The molecule has 37 heavy (non-hydrogen) atoms. The highest BCUT2D eigenvalue weighted by Gasteiger charge is 2.35. The number of carbonyl (C=O) groups is 1. The second-order valence-corrected chi connectivity index (χ2v) is 12.0. The van der Waals surface area contributed by atoms with Gasteiger partial charge in [-0.2, -0.15) is 4.31 Å². The molecule has 1 saturated heterocycles. The van der Waals surface area contributed by atoms with Gasteiger partial charge in [-0.05, 0) is 73.4 Å². The van der Waals surface area contributed by atoms with Crippen LogP contribution in [0, 0.1) is 11.7 Å². The number of fused-ring (bicyclic) bond motifs is 1. The number of aryl methyl sites for hydroxylation is 1. The van der Waals surface area contributed by atoms with E-state index >= 15 is 0 Å². The number of anilines is 1. The average molecular weight is 539 g/mol. The van der Waals surface area contributed by atoms with Crippen LogP contribution in [-0.4, -0.2) is 41.7 Å². The fourth-order valence-corrected chi connectivity index (χ4v) is 7.01. The number of benzene rings is 2. The Balaban J connectivity index is 1.37. The first kappa shape index (κ1) is 25.4. The van der Waals surface area contributed by atoms with Gasteiger partial charge in [0.1, 0.15) is 5.82 Å². The lowest BCUT2D eigenvalue weighted by Crippen LogP contribution is -2.44. The molecule has 0 saturated carbocycles. The smallest absolute Gasteiger partial charge is 0.243 e. The van der Waals surface area contributed by atoms with Crippen LogP contribution in [0.15, 0.2) is 71.8 Å². The third-order valence-corrected chi connectivity index (χ3v) is 9.60. The molecule has 10 heteroatoms. The van der Waals surface area contributed by atoms with Gasteiger partial charge in [0.2, 0.25) is 15.9 Å². The molecule has 0 N–H and O–H groups in total. The van der Waals surface area contributed by atoms with Crippen LogP contribution in [0.3, 0.4) is 0 Å². The molecule has 5 rings (SSSR count). The lowest BCUT2D eigenvalue weighted by atomic mass is 9.96. The molecular weight excluding hydrogens is 511 g/mol. The molecule has 2 aromatic heterocycles. The lowest BCUT2D eigenvalue weighted by molar-refractivity contribution is -0.123. The highest BCUT2D eigenvalue weighted by atomic mass is 32.2. The first-order chi connectivity index (χ1) is 17.8. The Kier molecular flexibility index (Phi) is 7.32. The maximum atomic E-state index is 13.8. The number of aromatic nitrogens is 2. The van der Waals surface area contributed by atoms with E-state index in [2.05, 4.69) is 18.0 Å². The van der Waals surface area contributed by atoms with E-state index in [4.69, 9.17) is 4.98 Å². The summed E-state index contributed by atoms with van der Waals surface area (Å²) < 4.78 is 41.7. The summed E-state index contributed by atoms with van der Waals surface area (Å²) in [7, 11) is -3.75. The molecule has 0 atom stereocenters. The van der Waals surface area contributed by atoms with E-state index in [1.165, 1.54) is 33.3 Å². The van der Waals surface area contributed by atoms with Gasteiger partial charge in [0.05, 0.1) is 27.4 Å². The van der Waals surface area contributed by atoms with Crippen molar-refractivity contribution in [2.45, 2.75) is 37.6 Å². The summed E-state index contributed by atoms with van der Waals surface area (Å²) in [6.45, 7) is 2.82. The number of halogens is 1. The summed E-state index contributed by atoms with van der Waals surface area (Å²) in [5.74, 6) is -0.919. The van der Waals surface area contributed by atoms with Crippen LogP contribution in [0.2, 0.25) is 0 Å². The number of hydrogen-bond donors (Lipinski definition) is 0. The van der Waals surface area contributed by atoms with E-state index in [0.29, 0.717) is 18.0 Å². The predicted octanol–water partition coefficient (Wildman–Crippen LogP) is 5.03. The minimum absolute atomic E-state index is 0.0522. The Morgan fingerprint density at radius 3 is 2.54 bits per heavy atom. The van der Waals surface area contributed by atoms with Crippen LogP contribution < -0.4 is 4.90 Å². The van der Waals surface area contributed by atoms with Gasteiger partial charge in [-0.1, -0.05) is 30.4 Å². The molecule has 0 aliphatic carbocycles. The Morgan fingerprint density at radius 1 is 1.11 bits per heavy atom. The molecule has 7 nitrogen and oxygen atoms in total. The summed E-state index contributed by atoms with van der Waals surface area (Å²) in [5, 5.41) is 0.611. The van der Waals surface area contributed by atoms with Crippen LogP contribution in [0.25, 0.3) is 10.2 Å². The highest BCUT2D eigenvalue weighted by molar-refractivity contribution is 7.89. The first-order valence-electron chi connectivity index (χ1n) is 12.2. The van der Waals surface area contributed by atoms with E-state index in [9.17, 15) is 17.6 Å². The average Bonchev–Trinajstić information content (AvgIpc) is 3.35. The van der Waals surface area contributed by atoms with Gasteiger partial charge < -0.3 is 0 Å². The van der Waals surface area contributed by atoms with Crippen molar-refractivity contribution < 1.29 is 17.6 Å². The summed E-state index contributed by atoms with van der Waals surface area (Å²) in [6.07, 6.45) is 3.40. The van der Waals surface area contributed by atoms with Crippen molar-refractivity contribution in [2.24, 2.45) is 5.92 Å². The molecule has 3 heterocycles. The molecule has 1 aliphatic heterocycles. The number of hydrogen-bond acceptors (Lipinski definition) is 6. The number of amides is 1. The number of sulfonamides is 1. The summed E-state index contributed by atoms with van der Waals surface area (Å²) >= 11 is 1.48. The van der Waals surface area contributed by atoms with E-state index in [1.54, 1.807) is 11.1 Å². The van der Waals surface area contributed by atoms with Crippen molar-refractivity contribution in [3.05, 3.63) is 83.9 Å². The Labute approximate surface area is 219 Å². The number of pyridine rings is 1. The number of piperidine rings is 1. The lowest BCUT2D eigenvalue weighted by Gasteiger charge is -2.33. The number of thiazole rings is 1. The summed E-state index contributed by atoms with van der Waals surface area (Å²) in [5.41, 5.74) is 2.80. The van der Waals surface area contributed by atoms with E-state index in [1.807, 2.05) is 30.3 Å². The molecule has 1 fully saturated rings. The van der Waals surface area contributed by atoms with Crippen LogP contribution >= 0.6 is 11.3 Å². The van der Waals surface area contributed by atoms with E-state index in [0.717, 1.165) is 34.5 Å². The van der Waals surface area contributed by atoms with Crippen LogP contribution in [-0.2, 0) is 27.8 Å². The summed E-state index contributed by atoms with van der Waals surface area (Å²) in [4.78, 5) is 24.7. The zero-order chi connectivity index (χ0) is 26.0. The van der Waals surface area contributed by atoms with Gasteiger partial charge in [0, 0.05) is 25.2 Å². The molecule has 1 aliphatic rings. The molecule has 0 radical (unpaired) electrons. The van der Waals surface area contributed by atoms with Crippen LogP contribution in [0.1, 0.15) is 31.0 Å². The minimum Gasteiger partial charge on any atom is -0.282 e. The molecule has 192 valence electrons. The second kappa shape index (κ2) is 10.6. The van der Waals surface area contributed by atoms with Crippen LogP contribution in [0.5, 0.6) is 0 Å². The predicted molar refractivity (Wildman–Crippen MR) is 142 cm³/mol. The monoisotopic (exact) mass is 538 g/mol. The third-order valence-electron chi connectivity index (χ3n) is 6.65. The quantitative estimate of drug-likeness (QED) is 0.330. The van der Waals surface area contributed by atoms with Crippen LogP contribution in [0.4, 0.5) is 9.52 Å². The second-order valence-electron chi connectivity index (χ2n) is 9.03. The maximum Gasteiger partial charge on any atom is 0.243 e. The third kappa shape index (κ3) is 5.41. The van der Waals surface area contributed by atoms with Gasteiger partial charge in [-0.3, -0.25) is 14.7 Å². The minimum atomic E-state index is -3.75. The SMILES string of the molecule is CCc1ccc2nc(N(Cc3ccccn3)C(=O)C3CCN(S(=O)(=O)c4ccc(F)cc4)CC3)sc2c1. The van der Waals surface area contributed by atoms with Gasteiger partial charge in [-0.25, -0.2) is 17.8 Å². The molecule has 4 aromatic rings. The van der Waals surface area contributed by atoms with Crippen molar-refractivity contribution in [2.75, 3.05) is 18.0 Å². The zero-order valence-corrected chi connectivity index (χ0v) is 22.0. The zero-order valence-electron chi connectivity index (χ0n) is 20.4. The van der Waals surface area contributed by atoms with Crippen molar-refractivity contribution in [3.63, 3.8) is 0 Å². The Bertz CT molecular complexity index is 1500. The number of nitrogens with zero attached hydrogens (tertiary/aromatic N) is 4. The highest BCUT2D eigenvalue weighted by Crippen LogP contribution is 2.33. The number of carbonyl (C=O) groups excluding carboxylic acids is 1. The van der Waals surface area contributed by atoms with Crippen molar-refractivity contribution in [1.82, 2.24) is 14.3 Å². The normalized spacial score (nSPS) is 15.2. The van der Waals surface area contributed by atoms with Gasteiger partial charge in [-0.15, -0.1) is 0 Å². The molecule has 2 aromatic carbocycles. The molecule has 1 amide bonds.